The number of carbonyl (C=O) groups is 2. The fourth-order valence-corrected chi connectivity index (χ4v) is 2.04. The van der Waals surface area contributed by atoms with Gasteiger partial charge in [0.25, 0.3) is 6.47 Å². The van der Waals surface area contributed by atoms with Gasteiger partial charge in [-0.1, -0.05) is 38.1 Å². The van der Waals surface area contributed by atoms with Crippen LogP contribution >= 0.6 is 0 Å². The average molecular weight is 248 g/mol. The number of rotatable bonds is 8. The molecular weight excluding hydrogens is 228 g/mol. The van der Waals surface area contributed by atoms with E-state index in [1.807, 2.05) is 38.1 Å². The van der Waals surface area contributed by atoms with Crippen LogP contribution in [-0.2, 0) is 20.7 Å². The molecule has 0 amide bonds. The molecule has 0 aromatic heterocycles. The number of ether oxygens (including phenoxy) is 1. The van der Waals surface area contributed by atoms with Crippen molar-refractivity contribution in [1.82, 2.24) is 0 Å². The largest absolute Gasteiger partial charge is 0.468 e. The van der Waals surface area contributed by atoms with Gasteiger partial charge in [-0.05, 0) is 17.5 Å². The van der Waals surface area contributed by atoms with Crippen LogP contribution in [0.3, 0.4) is 0 Å². The molecule has 0 aliphatic heterocycles. The highest BCUT2D eigenvalue weighted by molar-refractivity contribution is 5.85. The van der Waals surface area contributed by atoms with E-state index < -0.39 is 0 Å². The molecule has 3 heteroatoms. The Bertz CT molecular complexity index is 398. The lowest BCUT2D eigenvalue weighted by Crippen LogP contribution is -2.11. The third-order valence-corrected chi connectivity index (χ3v) is 3.06. The predicted octanol–water partition coefficient (Wildman–Crippen LogP) is 2.87. The quantitative estimate of drug-likeness (QED) is 0.525. The summed E-state index contributed by atoms with van der Waals surface area (Å²) < 4.78 is 4.71. The molecule has 0 aliphatic carbocycles. The van der Waals surface area contributed by atoms with Gasteiger partial charge in [-0.25, -0.2) is 0 Å². The van der Waals surface area contributed by atoms with Crippen molar-refractivity contribution >= 4 is 12.3 Å². The van der Waals surface area contributed by atoms with E-state index in [2.05, 4.69) is 0 Å². The first kappa shape index (κ1) is 14.4. The Morgan fingerprint density at radius 3 is 2.78 bits per heavy atom. The topological polar surface area (TPSA) is 43.4 Å². The zero-order valence-electron chi connectivity index (χ0n) is 11.0. The molecule has 0 heterocycles. The van der Waals surface area contributed by atoms with Crippen LogP contribution in [0.2, 0.25) is 0 Å². The van der Waals surface area contributed by atoms with Gasteiger partial charge in [0.05, 0.1) is 6.61 Å². The van der Waals surface area contributed by atoms with E-state index >= 15 is 0 Å². The van der Waals surface area contributed by atoms with Gasteiger partial charge in [-0.2, -0.15) is 0 Å². The highest BCUT2D eigenvalue weighted by atomic mass is 16.5. The highest BCUT2D eigenvalue weighted by Crippen LogP contribution is 2.22. The molecule has 0 saturated heterocycles. The Hall–Kier alpha value is -1.64. The van der Waals surface area contributed by atoms with Gasteiger partial charge in [0.15, 0.2) is 0 Å². The summed E-state index contributed by atoms with van der Waals surface area (Å²) in [5.41, 5.74) is 2.13. The first-order valence-corrected chi connectivity index (χ1v) is 6.36. The summed E-state index contributed by atoms with van der Waals surface area (Å²) in [5, 5.41) is 0. The van der Waals surface area contributed by atoms with Crippen molar-refractivity contribution in [3.63, 3.8) is 0 Å². The summed E-state index contributed by atoms with van der Waals surface area (Å²) in [4.78, 5) is 22.1. The average Bonchev–Trinajstić information content (AvgIpc) is 2.39. The summed E-state index contributed by atoms with van der Waals surface area (Å²) in [6.07, 6.45) is 2.14. The lowest BCUT2D eigenvalue weighted by Gasteiger charge is -2.15. The second-order valence-electron chi connectivity index (χ2n) is 4.35. The second-order valence-corrected chi connectivity index (χ2v) is 4.35. The number of hydrogen-bond acceptors (Lipinski definition) is 3. The number of benzene rings is 1. The number of Topliss-reactive ketones (excluding diaryl/α,β-unsaturated/α-hetero) is 1. The van der Waals surface area contributed by atoms with E-state index in [9.17, 15) is 9.59 Å². The molecular formula is C15H20O3. The summed E-state index contributed by atoms with van der Waals surface area (Å²) in [6.45, 7) is 4.76. The predicted molar refractivity (Wildman–Crippen MR) is 70.5 cm³/mol. The minimum absolute atomic E-state index is 0.0858. The monoisotopic (exact) mass is 248 g/mol. The molecule has 1 aromatic carbocycles. The number of hydrogen-bond donors (Lipinski definition) is 0. The lowest BCUT2D eigenvalue weighted by atomic mass is 9.89. The molecule has 1 atom stereocenters. The first-order valence-electron chi connectivity index (χ1n) is 6.36. The van der Waals surface area contributed by atoms with Crippen molar-refractivity contribution < 1.29 is 14.3 Å². The van der Waals surface area contributed by atoms with Crippen LogP contribution in [0.15, 0.2) is 24.3 Å². The molecule has 0 radical (unpaired) electrons. The Morgan fingerprint density at radius 1 is 1.39 bits per heavy atom. The van der Waals surface area contributed by atoms with Gasteiger partial charge < -0.3 is 4.74 Å². The summed E-state index contributed by atoms with van der Waals surface area (Å²) in [7, 11) is 0. The van der Waals surface area contributed by atoms with E-state index in [1.165, 1.54) is 0 Å². The summed E-state index contributed by atoms with van der Waals surface area (Å²) in [6, 6.07) is 7.85. The normalized spacial score (nSPS) is 11.9. The third kappa shape index (κ3) is 3.99. The lowest BCUT2D eigenvalue weighted by molar-refractivity contribution is -0.128. The van der Waals surface area contributed by atoms with E-state index in [4.69, 9.17) is 4.74 Å². The maximum Gasteiger partial charge on any atom is 0.293 e. The SMILES string of the molecule is CCCC(=O)C(C)c1ccccc1CCOC=O. The van der Waals surface area contributed by atoms with Crippen LogP contribution in [0.4, 0.5) is 0 Å². The molecule has 98 valence electrons. The fraction of sp³-hybridized carbons (Fsp3) is 0.467. The summed E-state index contributed by atoms with van der Waals surface area (Å²) >= 11 is 0. The smallest absolute Gasteiger partial charge is 0.293 e. The van der Waals surface area contributed by atoms with E-state index in [0.29, 0.717) is 25.9 Å². The van der Waals surface area contributed by atoms with Gasteiger partial charge in [0, 0.05) is 18.8 Å². The van der Waals surface area contributed by atoms with E-state index in [-0.39, 0.29) is 11.7 Å². The van der Waals surface area contributed by atoms with Gasteiger partial charge in [0.2, 0.25) is 0 Å². The molecule has 1 unspecified atom stereocenters. The highest BCUT2D eigenvalue weighted by Gasteiger charge is 2.16. The maximum atomic E-state index is 11.9. The van der Waals surface area contributed by atoms with Gasteiger partial charge in [-0.3, -0.25) is 9.59 Å². The Labute approximate surface area is 108 Å². The molecule has 0 aliphatic rings. The molecule has 0 N–H and O–H groups in total. The second kappa shape index (κ2) is 7.64. The first-order chi connectivity index (χ1) is 8.70. The zero-order valence-corrected chi connectivity index (χ0v) is 11.0. The Balaban J connectivity index is 2.80. The van der Waals surface area contributed by atoms with Gasteiger partial charge in [-0.15, -0.1) is 0 Å². The van der Waals surface area contributed by atoms with Crippen molar-refractivity contribution in [3.8, 4) is 0 Å². The van der Waals surface area contributed by atoms with Crippen LogP contribution in [0, 0.1) is 0 Å². The van der Waals surface area contributed by atoms with Crippen molar-refractivity contribution in [3.05, 3.63) is 35.4 Å². The van der Waals surface area contributed by atoms with Crippen LogP contribution in [0.25, 0.3) is 0 Å². The zero-order chi connectivity index (χ0) is 13.4. The molecule has 0 spiro atoms. The minimum Gasteiger partial charge on any atom is -0.468 e. The molecule has 1 rings (SSSR count). The summed E-state index contributed by atoms with van der Waals surface area (Å²) in [5.74, 6) is 0.179. The van der Waals surface area contributed by atoms with Gasteiger partial charge in [0.1, 0.15) is 5.78 Å². The molecule has 0 bridgehead atoms. The fourth-order valence-electron chi connectivity index (χ4n) is 2.04. The van der Waals surface area contributed by atoms with Crippen molar-refractivity contribution in [1.29, 1.82) is 0 Å². The Morgan fingerprint density at radius 2 is 2.11 bits per heavy atom. The van der Waals surface area contributed by atoms with Crippen molar-refractivity contribution in [2.75, 3.05) is 6.61 Å². The molecule has 0 saturated carbocycles. The van der Waals surface area contributed by atoms with Gasteiger partial charge >= 0.3 is 0 Å². The van der Waals surface area contributed by atoms with E-state index in [0.717, 1.165) is 17.5 Å². The van der Waals surface area contributed by atoms with Crippen LogP contribution < -0.4 is 0 Å². The van der Waals surface area contributed by atoms with Crippen molar-refractivity contribution in [2.24, 2.45) is 0 Å². The van der Waals surface area contributed by atoms with Crippen LogP contribution in [0.5, 0.6) is 0 Å². The van der Waals surface area contributed by atoms with Crippen molar-refractivity contribution in [2.45, 2.75) is 39.0 Å². The van der Waals surface area contributed by atoms with E-state index in [1.54, 1.807) is 0 Å². The molecule has 18 heavy (non-hydrogen) atoms. The third-order valence-electron chi connectivity index (χ3n) is 3.06. The maximum absolute atomic E-state index is 11.9. The van der Waals surface area contributed by atoms with Crippen LogP contribution in [-0.4, -0.2) is 18.9 Å². The molecule has 3 nitrogen and oxygen atoms in total. The standard InChI is InChI=1S/C15H20O3/c1-3-6-15(17)12(2)14-8-5-4-7-13(14)9-10-18-11-16/h4-5,7-8,11-12H,3,6,9-10H2,1-2H3. The number of ketones is 1. The molecule has 1 aromatic rings. The van der Waals surface area contributed by atoms with Crippen LogP contribution in [0.1, 0.15) is 43.7 Å². The minimum atomic E-state index is -0.0858. The number of carbonyl (C=O) groups excluding carboxylic acids is 2. The molecule has 0 fully saturated rings. The Kier molecular flexibility index (Phi) is 6.12.